The minimum absolute atomic E-state index is 0.00868. The number of hydrogen-bond donors (Lipinski definition) is 2. The van der Waals surface area contributed by atoms with Gasteiger partial charge in [-0.25, -0.2) is 4.79 Å². The van der Waals surface area contributed by atoms with Crippen LogP contribution in [-0.2, 0) is 14.3 Å². The van der Waals surface area contributed by atoms with Crippen LogP contribution in [0.4, 0.5) is 4.39 Å². The molecular weight excluding hydrogens is 277 g/mol. The fourth-order valence-electron chi connectivity index (χ4n) is 4.37. The van der Waals surface area contributed by atoms with E-state index in [1.165, 1.54) is 0 Å². The molecule has 3 aliphatic rings. The van der Waals surface area contributed by atoms with Gasteiger partial charge in [0.2, 0.25) is 11.4 Å². The summed E-state index contributed by atoms with van der Waals surface area (Å²) in [5, 5.41) is 13.4. The number of esters is 1. The quantitative estimate of drug-likeness (QED) is 0.762. The maximum absolute atomic E-state index is 12.7. The Morgan fingerprint density at radius 3 is 2.62 bits per heavy atom. The van der Waals surface area contributed by atoms with Crippen LogP contribution >= 0.6 is 0 Å². The van der Waals surface area contributed by atoms with E-state index in [9.17, 15) is 19.1 Å². The molecule has 3 fully saturated rings. The van der Waals surface area contributed by atoms with Crippen LogP contribution in [0.3, 0.4) is 0 Å². The number of amides is 1. The number of rotatable bonds is 4. The molecule has 0 bridgehead atoms. The first kappa shape index (κ1) is 14.8. The van der Waals surface area contributed by atoms with Crippen molar-refractivity contribution in [2.24, 2.45) is 11.8 Å². The Morgan fingerprint density at radius 2 is 2.05 bits per heavy atom. The number of aliphatic hydroxyl groups excluding tert-OH is 1. The summed E-state index contributed by atoms with van der Waals surface area (Å²) in [5.74, 6) is -1.72. The number of ether oxygens (including phenoxy) is 1. The van der Waals surface area contributed by atoms with Crippen LogP contribution in [0.25, 0.3) is 0 Å². The first-order valence-electron chi connectivity index (χ1n) is 7.77. The van der Waals surface area contributed by atoms with E-state index >= 15 is 0 Å². The lowest BCUT2D eigenvalue weighted by Crippen LogP contribution is -2.80. The third-order valence-corrected chi connectivity index (χ3v) is 5.65. The van der Waals surface area contributed by atoms with Gasteiger partial charge in [0.25, 0.3) is 0 Å². The van der Waals surface area contributed by atoms with E-state index in [-0.39, 0.29) is 12.3 Å². The average Bonchev–Trinajstić information content (AvgIpc) is 2.65. The smallest absolute Gasteiger partial charge is 0.339 e. The Balaban J connectivity index is 1.90. The zero-order valence-electron chi connectivity index (χ0n) is 12.2. The molecule has 1 amide bonds. The SMILES string of the molecule is CC12OC(=O)C1(C(O)C1CCCCC1)NC(=O)C2CCF. The number of carbonyl (C=O) groups is 2. The van der Waals surface area contributed by atoms with Crippen LogP contribution < -0.4 is 5.32 Å². The fourth-order valence-corrected chi connectivity index (χ4v) is 4.37. The number of nitrogens with one attached hydrogen (secondary N) is 1. The van der Waals surface area contributed by atoms with Crippen LogP contribution in [-0.4, -0.2) is 40.9 Å². The van der Waals surface area contributed by atoms with Gasteiger partial charge in [0, 0.05) is 0 Å². The molecule has 0 aromatic rings. The maximum atomic E-state index is 12.7. The summed E-state index contributed by atoms with van der Waals surface area (Å²) in [6.07, 6.45) is 3.91. The van der Waals surface area contributed by atoms with Gasteiger partial charge in [0.1, 0.15) is 0 Å². The summed E-state index contributed by atoms with van der Waals surface area (Å²) in [7, 11) is 0. The molecule has 0 aromatic carbocycles. The molecule has 0 radical (unpaired) electrons. The highest BCUT2D eigenvalue weighted by Gasteiger charge is 2.79. The Bertz CT molecular complexity index is 465. The van der Waals surface area contributed by atoms with Crippen LogP contribution in [0, 0.1) is 11.8 Å². The van der Waals surface area contributed by atoms with Crippen molar-refractivity contribution in [2.75, 3.05) is 6.67 Å². The highest BCUT2D eigenvalue weighted by molar-refractivity contribution is 6.01. The van der Waals surface area contributed by atoms with Gasteiger partial charge in [-0.3, -0.25) is 9.18 Å². The van der Waals surface area contributed by atoms with Crippen LogP contribution in [0.5, 0.6) is 0 Å². The first-order chi connectivity index (χ1) is 9.97. The second-order valence-electron chi connectivity index (χ2n) is 6.67. The zero-order valence-corrected chi connectivity index (χ0v) is 12.2. The molecule has 1 saturated carbocycles. The van der Waals surface area contributed by atoms with Crippen molar-refractivity contribution in [3.05, 3.63) is 0 Å². The molecule has 2 heterocycles. The standard InChI is InChI=1S/C15H22FNO4/c1-14-10(7-8-16)12(19)17-15(14,13(20)21-14)11(18)9-5-3-2-4-6-9/h9-11,18H,2-8H2,1H3,(H,17,19). The van der Waals surface area contributed by atoms with E-state index in [2.05, 4.69) is 5.32 Å². The highest BCUT2D eigenvalue weighted by Crippen LogP contribution is 2.53. The van der Waals surface area contributed by atoms with Crippen molar-refractivity contribution in [2.45, 2.75) is 62.7 Å². The van der Waals surface area contributed by atoms with Crippen molar-refractivity contribution in [3.63, 3.8) is 0 Å². The van der Waals surface area contributed by atoms with E-state index in [0.29, 0.717) is 0 Å². The van der Waals surface area contributed by atoms with Gasteiger partial charge in [-0.1, -0.05) is 19.3 Å². The molecule has 6 heteroatoms. The summed E-state index contributed by atoms with van der Waals surface area (Å²) in [5.41, 5.74) is -2.52. The summed E-state index contributed by atoms with van der Waals surface area (Å²) in [4.78, 5) is 24.3. The number of alkyl halides is 1. The van der Waals surface area contributed by atoms with Gasteiger partial charge in [-0.05, 0) is 32.1 Å². The monoisotopic (exact) mass is 299 g/mol. The molecule has 2 N–H and O–H groups in total. The van der Waals surface area contributed by atoms with Crippen molar-refractivity contribution < 1.29 is 23.8 Å². The van der Waals surface area contributed by atoms with Gasteiger partial charge in [-0.2, -0.15) is 0 Å². The summed E-state index contributed by atoms with van der Waals surface area (Å²) in [6.45, 7) is 0.986. The summed E-state index contributed by atoms with van der Waals surface area (Å²) < 4.78 is 18.0. The number of carbonyl (C=O) groups excluding carboxylic acids is 2. The minimum atomic E-state index is -1.38. The molecule has 2 aliphatic heterocycles. The third-order valence-electron chi connectivity index (χ3n) is 5.65. The van der Waals surface area contributed by atoms with Crippen LogP contribution in [0.1, 0.15) is 45.4 Å². The van der Waals surface area contributed by atoms with Gasteiger partial charge < -0.3 is 15.2 Å². The number of hydrogen-bond acceptors (Lipinski definition) is 4. The number of fused-ring (bicyclic) bond motifs is 1. The lowest BCUT2D eigenvalue weighted by atomic mass is 9.64. The zero-order chi connectivity index (χ0) is 15.3. The second kappa shape index (κ2) is 4.93. The Hall–Kier alpha value is -1.17. The number of halogens is 1. The van der Waals surface area contributed by atoms with Gasteiger partial charge in [0.05, 0.1) is 18.7 Å². The molecular formula is C15H22FNO4. The van der Waals surface area contributed by atoms with Crippen molar-refractivity contribution in [1.29, 1.82) is 0 Å². The molecule has 1 aliphatic carbocycles. The van der Waals surface area contributed by atoms with Crippen molar-refractivity contribution in [1.82, 2.24) is 5.32 Å². The Labute approximate surface area is 123 Å². The van der Waals surface area contributed by atoms with Crippen molar-refractivity contribution >= 4 is 11.9 Å². The summed E-state index contributed by atoms with van der Waals surface area (Å²) in [6, 6.07) is 0. The van der Waals surface area contributed by atoms with Gasteiger partial charge >= 0.3 is 5.97 Å². The number of aliphatic hydroxyl groups is 1. The molecule has 5 nitrogen and oxygen atoms in total. The van der Waals surface area contributed by atoms with E-state index in [1.54, 1.807) is 6.92 Å². The first-order valence-corrected chi connectivity index (χ1v) is 7.77. The Morgan fingerprint density at radius 1 is 1.38 bits per heavy atom. The van der Waals surface area contributed by atoms with Gasteiger partial charge in [-0.15, -0.1) is 0 Å². The van der Waals surface area contributed by atoms with Crippen LogP contribution in [0.2, 0.25) is 0 Å². The lowest BCUT2D eigenvalue weighted by Gasteiger charge is -2.54. The molecule has 118 valence electrons. The fraction of sp³-hybridized carbons (Fsp3) is 0.867. The molecule has 3 rings (SSSR count). The largest absolute Gasteiger partial charge is 0.453 e. The van der Waals surface area contributed by atoms with E-state index in [4.69, 9.17) is 4.74 Å². The predicted octanol–water partition coefficient (Wildman–Crippen LogP) is 1.09. The molecule has 0 aromatic heterocycles. The molecule has 4 unspecified atom stereocenters. The second-order valence-corrected chi connectivity index (χ2v) is 6.67. The predicted molar refractivity (Wildman–Crippen MR) is 72.0 cm³/mol. The molecule has 2 saturated heterocycles. The van der Waals surface area contributed by atoms with Gasteiger partial charge in [0.15, 0.2) is 5.60 Å². The topological polar surface area (TPSA) is 75.6 Å². The normalized spacial score (nSPS) is 41.0. The van der Waals surface area contributed by atoms with E-state index < -0.39 is 41.7 Å². The summed E-state index contributed by atoms with van der Waals surface area (Å²) >= 11 is 0. The Kier molecular flexibility index (Phi) is 3.47. The van der Waals surface area contributed by atoms with Crippen molar-refractivity contribution in [3.8, 4) is 0 Å². The average molecular weight is 299 g/mol. The minimum Gasteiger partial charge on any atom is -0.453 e. The molecule has 21 heavy (non-hydrogen) atoms. The maximum Gasteiger partial charge on any atom is 0.339 e. The molecule has 4 atom stereocenters. The van der Waals surface area contributed by atoms with Crippen LogP contribution in [0.15, 0.2) is 0 Å². The van der Waals surface area contributed by atoms with E-state index in [1.807, 2.05) is 0 Å². The molecule has 0 spiro atoms. The van der Waals surface area contributed by atoms with E-state index in [0.717, 1.165) is 32.1 Å². The third kappa shape index (κ3) is 1.77. The lowest BCUT2D eigenvalue weighted by molar-refractivity contribution is -0.240. The highest BCUT2D eigenvalue weighted by atomic mass is 19.1.